The van der Waals surface area contributed by atoms with Gasteiger partial charge in [-0.3, -0.25) is 4.99 Å². The predicted molar refractivity (Wildman–Crippen MR) is 52.6 cm³/mol. The normalized spacial score (nSPS) is 15.2. The molecule has 0 rings (SSSR count). The van der Waals surface area contributed by atoms with Crippen LogP contribution in [-0.4, -0.2) is 33.0 Å². The molecule has 0 aromatic carbocycles. The summed E-state index contributed by atoms with van der Waals surface area (Å²) in [6.07, 6.45) is 3.49. The Hall–Kier alpha value is -0.830. The third-order valence-electron chi connectivity index (χ3n) is 1.44. The maximum Gasteiger partial charge on any atom is 0.102 e. The minimum absolute atomic E-state index is 0.382. The van der Waals surface area contributed by atoms with Crippen molar-refractivity contribution in [3.8, 4) is 0 Å². The average molecular weight is 170 g/mol. The summed E-state index contributed by atoms with van der Waals surface area (Å²) in [5, 5.41) is 3.08. The van der Waals surface area contributed by atoms with Crippen molar-refractivity contribution in [2.24, 2.45) is 4.99 Å². The number of allylic oxidation sites excluding steroid dienone is 1. The third-order valence-corrected chi connectivity index (χ3v) is 1.44. The molecule has 0 bridgehead atoms. The number of nitrogens with zero attached hydrogens (tertiary/aromatic N) is 1. The van der Waals surface area contributed by atoms with E-state index in [0.29, 0.717) is 12.6 Å². The van der Waals surface area contributed by atoms with E-state index < -0.39 is 0 Å². The summed E-state index contributed by atoms with van der Waals surface area (Å²) in [5.74, 6) is 0. The van der Waals surface area contributed by atoms with Gasteiger partial charge in [-0.1, -0.05) is 0 Å². The molecule has 0 saturated heterocycles. The molecular weight excluding hydrogens is 152 g/mol. The molecule has 3 nitrogen and oxygen atoms in total. The molecular formula is C9H18N2O. The van der Waals surface area contributed by atoms with Crippen LogP contribution in [0.5, 0.6) is 0 Å². The van der Waals surface area contributed by atoms with Gasteiger partial charge >= 0.3 is 0 Å². The lowest BCUT2D eigenvalue weighted by Gasteiger charge is -2.08. The molecule has 1 unspecified atom stereocenters. The fraction of sp³-hybridized carbons (Fsp3) is 0.667. The van der Waals surface area contributed by atoms with Gasteiger partial charge in [0, 0.05) is 24.9 Å². The Morgan fingerprint density at radius 1 is 1.67 bits per heavy atom. The van der Waals surface area contributed by atoms with E-state index in [9.17, 15) is 0 Å². The lowest BCUT2D eigenvalue weighted by atomic mass is 10.3. The van der Waals surface area contributed by atoms with Gasteiger partial charge in [0.15, 0.2) is 0 Å². The molecule has 0 aromatic heterocycles. The molecule has 0 aliphatic carbocycles. The first-order chi connectivity index (χ1) is 5.70. The number of hydrogen-bond acceptors (Lipinski definition) is 3. The number of nitrogens with one attached hydrogen (secondary N) is 1. The average Bonchev–Trinajstić information content (AvgIpc) is 2.04. The number of likely N-dealkylation sites (N-methyl/N-ethyl adjacent to an activating group) is 1. The topological polar surface area (TPSA) is 33.6 Å². The maximum absolute atomic E-state index is 5.28. The first-order valence-electron chi connectivity index (χ1n) is 4.08. The van der Waals surface area contributed by atoms with E-state index in [4.69, 9.17) is 4.74 Å². The van der Waals surface area contributed by atoms with Crippen LogP contribution in [0.3, 0.4) is 0 Å². The second kappa shape index (κ2) is 6.85. The minimum atomic E-state index is 0.382. The standard InChI is InChI=1S/C9H18N2O/c1-8(5-10-3)6-12-7-9(2)11-4/h5-6,9,11H,7H2,1-4H3/b8-6+,10-5?. The van der Waals surface area contributed by atoms with Gasteiger partial charge in [0.05, 0.1) is 6.26 Å². The van der Waals surface area contributed by atoms with Gasteiger partial charge in [0.1, 0.15) is 6.61 Å². The summed E-state index contributed by atoms with van der Waals surface area (Å²) < 4.78 is 5.28. The second-order valence-corrected chi connectivity index (χ2v) is 2.77. The predicted octanol–water partition coefficient (Wildman–Crippen LogP) is 1.22. The van der Waals surface area contributed by atoms with Gasteiger partial charge in [-0.25, -0.2) is 0 Å². The van der Waals surface area contributed by atoms with E-state index in [1.54, 1.807) is 19.5 Å². The summed E-state index contributed by atoms with van der Waals surface area (Å²) in [6, 6.07) is 0.382. The molecule has 1 N–H and O–H groups in total. The largest absolute Gasteiger partial charge is 0.499 e. The zero-order valence-electron chi connectivity index (χ0n) is 8.29. The minimum Gasteiger partial charge on any atom is -0.499 e. The maximum atomic E-state index is 5.28. The van der Waals surface area contributed by atoms with Crippen molar-refractivity contribution in [2.75, 3.05) is 20.7 Å². The fourth-order valence-electron chi connectivity index (χ4n) is 0.641. The molecule has 0 aliphatic heterocycles. The summed E-state index contributed by atoms with van der Waals surface area (Å²) in [5.41, 5.74) is 1.03. The molecule has 1 atom stereocenters. The lowest BCUT2D eigenvalue weighted by Crippen LogP contribution is -2.25. The van der Waals surface area contributed by atoms with Crippen molar-refractivity contribution in [1.82, 2.24) is 5.32 Å². The lowest BCUT2D eigenvalue weighted by molar-refractivity contribution is 0.219. The highest BCUT2D eigenvalue weighted by molar-refractivity contribution is 5.76. The van der Waals surface area contributed by atoms with Gasteiger partial charge in [-0.15, -0.1) is 0 Å². The summed E-state index contributed by atoms with van der Waals surface area (Å²) >= 11 is 0. The van der Waals surface area contributed by atoms with Gasteiger partial charge in [0.2, 0.25) is 0 Å². The number of rotatable bonds is 5. The first-order valence-corrected chi connectivity index (χ1v) is 4.08. The zero-order valence-corrected chi connectivity index (χ0v) is 8.29. The van der Waals surface area contributed by atoms with E-state index in [1.165, 1.54) is 0 Å². The molecule has 0 aromatic rings. The zero-order chi connectivity index (χ0) is 9.40. The molecule has 70 valence electrons. The Bertz CT molecular complexity index is 164. The molecule has 0 spiro atoms. The SMILES string of the molecule is CN=C/C(C)=C/OCC(C)NC. The van der Waals surface area contributed by atoms with E-state index >= 15 is 0 Å². The van der Waals surface area contributed by atoms with Crippen molar-refractivity contribution in [3.05, 3.63) is 11.8 Å². The van der Waals surface area contributed by atoms with Crippen LogP contribution < -0.4 is 5.32 Å². The molecule has 0 aliphatic rings. The molecule has 0 amide bonds. The molecule has 0 radical (unpaired) electrons. The summed E-state index contributed by atoms with van der Waals surface area (Å²) in [6.45, 7) is 4.71. The Morgan fingerprint density at radius 3 is 2.83 bits per heavy atom. The van der Waals surface area contributed by atoms with Crippen LogP contribution in [0.25, 0.3) is 0 Å². The molecule has 0 saturated carbocycles. The highest BCUT2D eigenvalue weighted by Gasteiger charge is 1.94. The van der Waals surface area contributed by atoms with Crippen molar-refractivity contribution in [2.45, 2.75) is 19.9 Å². The summed E-state index contributed by atoms with van der Waals surface area (Å²) in [7, 11) is 3.66. The number of aliphatic imine (C=N–C) groups is 1. The highest BCUT2D eigenvalue weighted by Crippen LogP contribution is 1.90. The molecule has 12 heavy (non-hydrogen) atoms. The number of ether oxygens (including phenoxy) is 1. The van der Waals surface area contributed by atoms with Crippen LogP contribution in [0.2, 0.25) is 0 Å². The van der Waals surface area contributed by atoms with Crippen LogP contribution >= 0.6 is 0 Å². The van der Waals surface area contributed by atoms with E-state index in [1.807, 2.05) is 14.0 Å². The fourth-order valence-corrected chi connectivity index (χ4v) is 0.641. The Morgan fingerprint density at radius 2 is 2.33 bits per heavy atom. The molecule has 0 fully saturated rings. The van der Waals surface area contributed by atoms with Gasteiger partial charge in [0.25, 0.3) is 0 Å². The van der Waals surface area contributed by atoms with Crippen LogP contribution in [0.1, 0.15) is 13.8 Å². The number of hydrogen-bond donors (Lipinski definition) is 1. The van der Waals surface area contributed by atoms with Crippen LogP contribution in [-0.2, 0) is 4.74 Å². The summed E-state index contributed by atoms with van der Waals surface area (Å²) in [4.78, 5) is 3.86. The van der Waals surface area contributed by atoms with E-state index in [2.05, 4.69) is 17.2 Å². The van der Waals surface area contributed by atoms with E-state index in [-0.39, 0.29) is 0 Å². The van der Waals surface area contributed by atoms with Crippen LogP contribution in [0, 0.1) is 0 Å². The second-order valence-electron chi connectivity index (χ2n) is 2.77. The van der Waals surface area contributed by atoms with Crippen molar-refractivity contribution >= 4 is 6.21 Å². The van der Waals surface area contributed by atoms with Gasteiger partial charge < -0.3 is 10.1 Å². The smallest absolute Gasteiger partial charge is 0.102 e. The van der Waals surface area contributed by atoms with Gasteiger partial charge in [-0.2, -0.15) is 0 Å². The Kier molecular flexibility index (Phi) is 6.38. The van der Waals surface area contributed by atoms with Crippen molar-refractivity contribution in [1.29, 1.82) is 0 Å². The molecule has 0 heterocycles. The van der Waals surface area contributed by atoms with Crippen LogP contribution in [0.4, 0.5) is 0 Å². The Labute approximate surface area is 74.5 Å². The quantitative estimate of drug-likeness (QED) is 0.497. The van der Waals surface area contributed by atoms with Crippen LogP contribution in [0.15, 0.2) is 16.8 Å². The third kappa shape index (κ3) is 5.92. The van der Waals surface area contributed by atoms with Crippen molar-refractivity contribution in [3.63, 3.8) is 0 Å². The first kappa shape index (κ1) is 11.2. The van der Waals surface area contributed by atoms with Gasteiger partial charge in [-0.05, 0) is 20.9 Å². The molecule has 3 heteroatoms. The monoisotopic (exact) mass is 170 g/mol. The Balaban J connectivity index is 3.59. The van der Waals surface area contributed by atoms with Crippen molar-refractivity contribution < 1.29 is 4.74 Å². The van der Waals surface area contributed by atoms with E-state index in [0.717, 1.165) is 5.57 Å². The highest BCUT2D eigenvalue weighted by atomic mass is 16.5.